The standard InChI is InChI=1S/2C2H4O2.Mg.Mn.2H/c2*1-2(3)4;;;;/h2*1H3,(H,3,4);;;;. The van der Waals surface area contributed by atoms with Crippen molar-refractivity contribution in [3.63, 3.8) is 0 Å². The van der Waals surface area contributed by atoms with Gasteiger partial charge in [0.15, 0.2) is 0 Å². The third kappa shape index (κ3) is 8430. The molecule has 0 heterocycles. The van der Waals surface area contributed by atoms with E-state index < -0.39 is 11.9 Å². The first-order valence-electron chi connectivity index (χ1n) is 1.86. The van der Waals surface area contributed by atoms with Gasteiger partial charge in [-0.3, -0.25) is 9.59 Å². The molecule has 0 amide bonds. The summed E-state index contributed by atoms with van der Waals surface area (Å²) in [5.74, 6) is -1.67. The van der Waals surface area contributed by atoms with Crippen LogP contribution in [0, 0.1) is 0 Å². The Morgan fingerprint density at radius 2 is 1.00 bits per heavy atom. The SMILES string of the molecule is CC(=O)O.CC(=O)O.[MgH2].[Mn]. The predicted octanol–water partition coefficient (Wildman–Crippen LogP) is -0.737. The molecule has 0 aromatic carbocycles. The van der Waals surface area contributed by atoms with Crippen LogP contribution in [-0.2, 0) is 26.7 Å². The fraction of sp³-hybridized carbons (Fsp3) is 0.500. The van der Waals surface area contributed by atoms with E-state index in [1.807, 2.05) is 0 Å². The first-order valence-corrected chi connectivity index (χ1v) is 1.86. The molecule has 0 aliphatic heterocycles. The molecule has 10 heavy (non-hydrogen) atoms. The van der Waals surface area contributed by atoms with Gasteiger partial charge >= 0.3 is 23.1 Å². The summed E-state index contributed by atoms with van der Waals surface area (Å²) in [6, 6.07) is 0. The van der Waals surface area contributed by atoms with Crippen LogP contribution in [0.5, 0.6) is 0 Å². The third-order valence-corrected chi connectivity index (χ3v) is 0. The summed E-state index contributed by atoms with van der Waals surface area (Å²) in [4.78, 5) is 18.0. The van der Waals surface area contributed by atoms with Gasteiger partial charge in [-0.25, -0.2) is 0 Å². The van der Waals surface area contributed by atoms with Gasteiger partial charge in [0.05, 0.1) is 0 Å². The Bertz CT molecular complexity index is 75.3. The number of carbonyl (C=O) groups is 2. The number of hydrogen-bond donors (Lipinski definition) is 2. The molecule has 0 unspecified atom stereocenters. The summed E-state index contributed by atoms with van der Waals surface area (Å²) in [5.41, 5.74) is 0. The maximum Gasteiger partial charge on any atom is 0.316 e. The van der Waals surface area contributed by atoms with Crippen LogP contribution in [0.3, 0.4) is 0 Å². The van der Waals surface area contributed by atoms with E-state index >= 15 is 0 Å². The van der Waals surface area contributed by atoms with Gasteiger partial charge in [-0.1, -0.05) is 0 Å². The van der Waals surface area contributed by atoms with Crippen LogP contribution in [-0.4, -0.2) is 45.2 Å². The molecule has 0 fully saturated rings. The molecule has 0 aliphatic rings. The van der Waals surface area contributed by atoms with Crippen LogP contribution in [0.25, 0.3) is 0 Å². The summed E-state index contributed by atoms with van der Waals surface area (Å²) in [5, 5.41) is 14.8. The van der Waals surface area contributed by atoms with E-state index in [0.29, 0.717) is 0 Å². The van der Waals surface area contributed by atoms with Crippen LogP contribution in [0.1, 0.15) is 13.8 Å². The average Bonchev–Trinajstić information content (AvgIpc) is 1.25. The van der Waals surface area contributed by atoms with Gasteiger partial charge in [-0.2, -0.15) is 0 Å². The second kappa shape index (κ2) is 16.1. The van der Waals surface area contributed by atoms with Crippen LogP contribution in [0.4, 0.5) is 0 Å². The molecule has 0 aromatic rings. The second-order valence-corrected chi connectivity index (χ2v) is 1.04. The van der Waals surface area contributed by atoms with Crippen molar-refractivity contribution in [3.8, 4) is 0 Å². The van der Waals surface area contributed by atoms with Gasteiger partial charge in [0, 0.05) is 30.9 Å². The molecule has 4 nitrogen and oxygen atoms in total. The molecule has 0 rings (SSSR count). The van der Waals surface area contributed by atoms with E-state index in [2.05, 4.69) is 0 Å². The zero-order chi connectivity index (χ0) is 7.15. The van der Waals surface area contributed by atoms with Crippen LogP contribution < -0.4 is 0 Å². The van der Waals surface area contributed by atoms with E-state index in [1.165, 1.54) is 0 Å². The topological polar surface area (TPSA) is 74.6 Å². The molecule has 0 bridgehead atoms. The van der Waals surface area contributed by atoms with Gasteiger partial charge < -0.3 is 10.2 Å². The Morgan fingerprint density at radius 1 is 1.00 bits per heavy atom. The van der Waals surface area contributed by atoms with Gasteiger partial charge in [0.1, 0.15) is 0 Å². The van der Waals surface area contributed by atoms with Gasteiger partial charge in [0.25, 0.3) is 11.9 Å². The molecule has 0 saturated heterocycles. The summed E-state index contributed by atoms with van der Waals surface area (Å²) < 4.78 is 0. The Balaban J connectivity index is -0.0000000300. The molecule has 1 radical (unpaired) electrons. The first-order chi connectivity index (χ1) is 3.46. The number of rotatable bonds is 0. The molecular formula is C4H10MgMnO4. The van der Waals surface area contributed by atoms with Crippen molar-refractivity contribution in [2.24, 2.45) is 0 Å². The first kappa shape index (κ1) is 22.5. The zero-order valence-electron chi connectivity index (χ0n) is 5.09. The minimum Gasteiger partial charge on any atom is -0.481 e. The molecular weight excluding hydrogens is 191 g/mol. The van der Waals surface area contributed by atoms with Crippen molar-refractivity contribution in [2.75, 3.05) is 0 Å². The minimum absolute atomic E-state index is 0. The van der Waals surface area contributed by atoms with Crippen molar-refractivity contribution < 1.29 is 36.9 Å². The quantitative estimate of drug-likeness (QED) is 0.506. The summed E-state index contributed by atoms with van der Waals surface area (Å²) in [6.07, 6.45) is 0. The third-order valence-electron chi connectivity index (χ3n) is 0. The molecule has 0 saturated carbocycles. The zero-order valence-corrected chi connectivity index (χ0v) is 6.27. The number of carboxylic acid groups (broad SMARTS) is 2. The van der Waals surface area contributed by atoms with Crippen LogP contribution in [0.15, 0.2) is 0 Å². The van der Waals surface area contributed by atoms with E-state index in [1.54, 1.807) is 0 Å². The molecule has 59 valence electrons. The van der Waals surface area contributed by atoms with E-state index in [4.69, 9.17) is 19.8 Å². The summed E-state index contributed by atoms with van der Waals surface area (Å²) in [6.45, 7) is 2.17. The fourth-order valence-electron chi connectivity index (χ4n) is 0. The van der Waals surface area contributed by atoms with E-state index in [9.17, 15) is 0 Å². The smallest absolute Gasteiger partial charge is 0.316 e. The van der Waals surface area contributed by atoms with Crippen LogP contribution in [0.2, 0.25) is 0 Å². The second-order valence-electron chi connectivity index (χ2n) is 1.04. The van der Waals surface area contributed by atoms with Crippen molar-refractivity contribution >= 4 is 35.0 Å². The molecule has 0 aliphatic carbocycles. The van der Waals surface area contributed by atoms with E-state index in [-0.39, 0.29) is 40.1 Å². The Hall–Kier alpha value is 0.226. The summed E-state index contributed by atoms with van der Waals surface area (Å²) >= 11 is 0. The number of aliphatic carboxylic acids is 2. The van der Waals surface area contributed by atoms with Gasteiger partial charge in [0.2, 0.25) is 0 Å². The Morgan fingerprint density at radius 3 is 1.00 bits per heavy atom. The minimum atomic E-state index is -0.833. The molecule has 2 N–H and O–H groups in total. The van der Waals surface area contributed by atoms with Gasteiger partial charge in [-0.15, -0.1) is 0 Å². The monoisotopic (exact) mass is 201 g/mol. The maximum atomic E-state index is 9.00. The molecule has 6 heteroatoms. The van der Waals surface area contributed by atoms with Crippen molar-refractivity contribution in [1.82, 2.24) is 0 Å². The fourth-order valence-corrected chi connectivity index (χ4v) is 0. The molecule has 0 aromatic heterocycles. The molecule has 0 spiro atoms. The van der Waals surface area contributed by atoms with Crippen molar-refractivity contribution in [3.05, 3.63) is 0 Å². The number of carboxylic acids is 2. The average molecular weight is 201 g/mol. The summed E-state index contributed by atoms with van der Waals surface area (Å²) in [7, 11) is 0. The van der Waals surface area contributed by atoms with Gasteiger partial charge in [-0.05, 0) is 0 Å². The maximum absolute atomic E-state index is 9.00. The Labute approximate surface area is 85.6 Å². The predicted molar refractivity (Wildman–Crippen MR) is 35.2 cm³/mol. The largest absolute Gasteiger partial charge is 0.481 e. The van der Waals surface area contributed by atoms with Crippen LogP contribution >= 0.6 is 0 Å². The van der Waals surface area contributed by atoms with Crippen molar-refractivity contribution in [1.29, 1.82) is 0 Å². The normalized spacial score (nSPS) is 5.00. The van der Waals surface area contributed by atoms with Crippen molar-refractivity contribution in [2.45, 2.75) is 13.8 Å². The molecule has 0 atom stereocenters. The Kier molecular flexibility index (Phi) is 36.2. The van der Waals surface area contributed by atoms with E-state index in [0.717, 1.165) is 13.8 Å². The number of hydrogen-bond acceptors (Lipinski definition) is 2.